The van der Waals surface area contributed by atoms with Crippen LogP contribution in [0.1, 0.15) is 43.7 Å². The van der Waals surface area contributed by atoms with Gasteiger partial charge in [-0.15, -0.1) is 0 Å². The minimum absolute atomic E-state index is 0.0645. The Morgan fingerprint density at radius 2 is 1.81 bits per heavy atom. The lowest BCUT2D eigenvalue weighted by Gasteiger charge is -2.28. The van der Waals surface area contributed by atoms with E-state index in [9.17, 15) is 14.0 Å². The molecule has 1 amide bonds. The van der Waals surface area contributed by atoms with Gasteiger partial charge in [0.05, 0.1) is 13.0 Å². The van der Waals surface area contributed by atoms with Gasteiger partial charge in [0, 0.05) is 17.6 Å². The highest BCUT2D eigenvalue weighted by Gasteiger charge is 2.49. The van der Waals surface area contributed by atoms with Crippen molar-refractivity contribution in [3.05, 3.63) is 35.6 Å². The molecule has 1 heterocycles. The van der Waals surface area contributed by atoms with Gasteiger partial charge in [-0.2, -0.15) is 0 Å². The lowest BCUT2D eigenvalue weighted by Crippen LogP contribution is -2.43. The maximum Gasteiger partial charge on any atom is 0.323 e. The first-order chi connectivity index (χ1) is 13.0. The van der Waals surface area contributed by atoms with E-state index in [2.05, 4.69) is 5.32 Å². The zero-order valence-electron chi connectivity index (χ0n) is 15.9. The summed E-state index contributed by atoms with van der Waals surface area (Å²) >= 11 is 0. The van der Waals surface area contributed by atoms with E-state index in [0.29, 0.717) is 23.8 Å². The Hall–Kier alpha value is -1.95. The number of esters is 1. The van der Waals surface area contributed by atoms with Crippen molar-refractivity contribution in [2.45, 2.75) is 50.2 Å². The van der Waals surface area contributed by atoms with E-state index >= 15 is 0 Å². The number of rotatable bonds is 6. The number of likely N-dealkylation sites (tertiary alicyclic amines) is 1. The van der Waals surface area contributed by atoms with Crippen molar-refractivity contribution >= 4 is 11.9 Å². The molecule has 2 saturated carbocycles. The molecule has 6 heteroatoms. The summed E-state index contributed by atoms with van der Waals surface area (Å²) in [6.07, 6.45) is 5.04. The topological polar surface area (TPSA) is 58.6 Å². The molecule has 1 aromatic carbocycles. The van der Waals surface area contributed by atoms with Crippen LogP contribution in [0, 0.1) is 23.6 Å². The molecule has 0 spiro atoms. The van der Waals surface area contributed by atoms with Crippen LogP contribution < -0.4 is 5.32 Å². The zero-order valence-corrected chi connectivity index (χ0v) is 15.9. The zero-order chi connectivity index (χ0) is 19.1. The maximum absolute atomic E-state index is 14.5. The Morgan fingerprint density at radius 1 is 1.19 bits per heavy atom. The largest absolute Gasteiger partial charge is 0.468 e. The average Bonchev–Trinajstić information content (AvgIpc) is 3.57. The van der Waals surface area contributed by atoms with Crippen LogP contribution in [0.4, 0.5) is 4.39 Å². The lowest BCUT2D eigenvalue weighted by molar-refractivity contribution is -0.145. The second-order valence-electron chi connectivity index (χ2n) is 8.22. The molecule has 2 aliphatic carbocycles. The molecule has 146 valence electrons. The Morgan fingerprint density at radius 3 is 2.37 bits per heavy atom. The molecule has 0 radical (unpaired) electrons. The van der Waals surface area contributed by atoms with Crippen LogP contribution in [0.3, 0.4) is 0 Å². The number of hydrogen-bond acceptors (Lipinski definition) is 4. The molecule has 4 rings (SSSR count). The maximum atomic E-state index is 14.5. The number of carbonyl (C=O) groups excluding carboxylic acids is 2. The summed E-state index contributed by atoms with van der Waals surface area (Å²) in [5.41, 5.74) is 0.459. The van der Waals surface area contributed by atoms with Gasteiger partial charge in [-0.25, -0.2) is 4.39 Å². The number of nitrogens with zero attached hydrogens (tertiary/aromatic N) is 1. The third-order valence-corrected chi connectivity index (χ3v) is 6.39. The van der Waals surface area contributed by atoms with E-state index in [1.165, 1.54) is 38.9 Å². The molecule has 0 unspecified atom stereocenters. The number of halogens is 1. The summed E-state index contributed by atoms with van der Waals surface area (Å²) in [6, 6.07) is 5.73. The lowest BCUT2D eigenvalue weighted by atomic mass is 9.91. The molecule has 1 saturated heterocycles. The van der Waals surface area contributed by atoms with Crippen LogP contribution in [0.5, 0.6) is 0 Å². The molecule has 1 aliphatic heterocycles. The van der Waals surface area contributed by atoms with Crippen molar-refractivity contribution < 1.29 is 18.7 Å². The van der Waals surface area contributed by atoms with Gasteiger partial charge in [0.15, 0.2) is 0 Å². The molecular formula is C21H27FN2O3. The molecule has 3 atom stereocenters. The van der Waals surface area contributed by atoms with E-state index in [-0.39, 0.29) is 23.7 Å². The highest BCUT2D eigenvalue weighted by Crippen LogP contribution is 2.46. The fourth-order valence-corrected chi connectivity index (χ4v) is 4.62. The summed E-state index contributed by atoms with van der Waals surface area (Å²) in [6.45, 7) is 0. The monoisotopic (exact) mass is 374 g/mol. The van der Waals surface area contributed by atoms with Crippen molar-refractivity contribution in [2.24, 2.45) is 17.8 Å². The van der Waals surface area contributed by atoms with Gasteiger partial charge >= 0.3 is 5.97 Å². The molecule has 27 heavy (non-hydrogen) atoms. The molecule has 3 aliphatic rings. The van der Waals surface area contributed by atoms with Crippen LogP contribution in [-0.4, -0.2) is 43.0 Å². The van der Waals surface area contributed by atoms with Gasteiger partial charge < -0.3 is 10.1 Å². The van der Waals surface area contributed by atoms with Crippen LogP contribution in [0.25, 0.3) is 0 Å². The van der Waals surface area contributed by atoms with Gasteiger partial charge in [0.2, 0.25) is 5.91 Å². The fraction of sp³-hybridized carbons (Fsp3) is 0.619. The van der Waals surface area contributed by atoms with Crippen LogP contribution in [0.2, 0.25) is 0 Å². The molecular weight excluding hydrogens is 347 g/mol. The van der Waals surface area contributed by atoms with Crippen molar-refractivity contribution in [3.8, 4) is 0 Å². The molecule has 0 aromatic heterocycles. The fourth-order valence-electron chi connectivity index (χ4n) is 4.62. The van der Waals surface area contributed by atoms with E-state index in [1.54, 1.807) is 30.1 Å². The number of benzene rings is 1. The van der Waals surface area contributed by atoms with E-state index in [0.717, 1.165) is 0 Å². The van der Waals surface area contributed by atoms with Gasteiger partial charge in [-0.3, -0.25) is 14.5 Å². The summed E-state index contributed by atoms with van der Waals surface area (Å²) in [5.74, 6) is -0.0946. The van der Waals surface area contributed by atoms with Crippen molar-refractivity contribution in [1.82, 2.24) is 10.2 Å². The Balaban J connectivity index is 1.60. The van der Waals surface area contributed by atoms with Gasteiger partial charge in [0.25, 0.3) is 0 Å². The van der Waals surface area contributed by atoms with Crippen LogP contribution in [0.15, 0.2) is 24.3 Å². The van der Waals surface area contributed by atoms with Crippen LogP contribution >= 0.6 is 0 Å². The van der Waals surface area contributed by atoms with Gasteiger partial charge in [-0.05, 0) is 57.1 Å². The minimum atomic E-state index is -0.546. The van der Waals surface area contributed by atoms with Gasteiger partial charge in [0.1, 0.15) is 11.9 Å². The summed E-state index contributed by atoms with van der Waals surface area (Å²) in [4.78, 5) is 27.2. The minimum Gasteiger partial charge on any atom is -0.468 e. The highest BCUT2D eigenvalue weighted by molar-refractivity contribution is 5.84. The second kappa shape index (κ2) is 7.23. The summed E-state index contributed by atoms with van der Waals surface area (Å²) < 4.78 is 19.4. The van der Waals surface area contributed by atoms with Crippen molar-refractivity contribution in [3.63, 3.8) is 0 Å². The quantitative estimate of drug-likeness (QED) is 0.778. The third kappa shape index (κ3) is 3.59. The Kier molecular flexibility index (Phi) is 4.93. The molecule has 1 N–H and O–H groups in total. The number of ether oxygens (including phenoxy) is 1. The normalized spacial score (nSPS) is 28.4. The number of likely N-dealkylation sites (N-methyl/N-ethyl adjacent to an activating group) is 1. The second-order valence-corrected chi connectivity index (χ2v) is 8.22. The standard InChI is InChI=1S/C21H27FN2O3/c1-24-17(21(26)27-2)11-15(19(24)14-5-3-4-6-16(14)22)20(25)23-18(12-7-8-12)13-9-10-13/h3-6,12-13,15,17-19H,7-11H2,1-2H3,(H,23,25)/t15-,17-,19-/m0/s1. The Labute approximate surface area is 159 Å². The predicted octanol–water partition coefficient (Wildman–Crippen LogP) is 2.66. The molecule has 3 fully saturated rings. The van der Waals surface area contributed by atoms with Gasteiger partial charge in [-0.1, -0.05) is 18.2 Å². The number of amides is 1. The SMILES string of the molecule is COC(=O)[C@@H]1C[C@H](C(=O)NC(C2CC2)C2CC2)[C@H](c2ccccc2F)N1C. The molecule has 0 bridgehead atoms. The first-order valence-corrected chi connectivity index (χ1v) is 9.85. The first kappa shape index (κ1) is 18.4. The summed E-state index contributed by atoms with van der Waals surface area (Å²) in [5, 5.41) is 3.26. The first-order valence-electron chi connectivity index (χ1n) is 9.85. The number of carbonyl (C=O) groups is 2. The molecule has 5 nitrogen and oxygen atoms in total. The van der Waals surface area contributed by atoms with Crippen molar-refractivity contribution in [1.29, 1.82) is 0 Å². The summed E-state index contributed by atoms with van der Waals surface area (Å²) in [7, 11) is 3.11. The number of methoxy groups -OCH3 is 1. The number of nitrogens with one attached hydrogen (secondary N) is 1. The van der Waals surface area contributed by atoms with Crippen molar-refractivity contribution in [2.75, 3.05) is 14.2 Å². The number of hydrogen-bond donors (Lipinski definition) is 1. The van der Waals surface area contributed by atoms with Crippen LogP contribution in [-0.2, 0) is 14.3 Å². The van der Waals surface area contributed by atoms with E-state index in [4.69, 9.17) is 4.74 Å². The van der Waals surface area contributed by atoms with E-state index < -0.39 is 18.0 Å². The smallest absolute Gasteiger partial charge is 0.323 e. The average molecular weight is 374 g/mol. The Bertz CT molecular complexity index is 720. The van der Waals surface area contributed by atoms with E-state index in [1.807, 2.05) is 0 Å². The predicted molar refractivity (Wildman–Crippen MR) is 98.2 cm³/mol. The molecule has 1 aromatic rings. The highest BCUT2D eigenvalue weighted by atomic mass is 19.1. The third-order valence-electron chi connectivity index (χ3n) is 6.39.